The molecule has 5 heteroatoms. The molecule has 1 aromatic rings. The molecule has 17 heavy (non-hydrogen) atoms. The lowest BCUT2D eigenvalue weighted by Crippen LogP contribution is -2.39. The van der Waals surface area contributed by atoms with Gasteiger partial charge in [-0.05, 0) is 32.7 Å². The second-order valence-corrected chi connectivity index (χ2v) is 5.85. The van der Waals surface area contributed by atoms with Crippen molar-refractivity contribution in [3.05, 3.63) is 10.0 Å². The minimum absolute atomic E-state index is 0.415. The van der Waals surface area contributed by atoms with Gasteiger partial charge in [0.05, 0.1) is 12.6 Å². The fraction of sp³-hybridized carbons (Fsp3) is 0.833. The second kappa shape index (κ2) is 6.42. The van der Waals surface area contributed by atoms with Crippen molar-refractivity contribution < 1.29 is 4.74 Å². The van der Waals surface area contributed by atoms with Crippen molar-refractivity contribution in [2.24, 2.45) is 0 Å². The van der Waals surface area contributed by atoms with E-state index in [9.17, 15) is 0 Å². The number of piperidine rings is 1. The first-order valence-corrected chi connectivity index (χ1v) is 7.22. The van der Waals surface area contributed by atoms with Crippen LogP contribution in [0.2, 0.25) is 0 Å². The van der Waals surface area contributed by atoms with Gasteiger partial charge in [-0.1, -0.05) is 6.92 Å². The molecule has 2 rings (SSSR count). The summed E-state index contributed by atoms with van der Waals surface area (Å²) >= 11 is 1.70. The van der Waals surface area contributed by atoms with Crippen LogP contribution >= 0.6 is 11.3 Å². The fourth-order valence-electron chi connectivity index (χ4n) is 2.17. The molecule has 0 spiro atoms. The Balaban J connectivity index is 1.80. The van der Waals surface area contributed by atoms with E-state index in [4.69, 9.17) is 4.74 Å². The lowest BCUT2D eigenvalue weighted by molar-refractivity contribution is -0.00228. The summed E-state index contributed by atoms with van der Waals surface area (Å²) in [6, 6.07) is 0. The van der Waals surface area contributed by atoms with E-state index in [2.05, 4.69) is 22.0 Å². The molecule has 0 amide bonds. The number of hydrogen-bond donors (Lipinski definition) is 0. The van der Waals surface area contributed by atoms with E-state index < -0.39 is 0 Å². The topological polar surface area (TPSA) is 38.2 Å². The quantitative estimate of drug-likeness (QED) is 0.809. The zero-order valence-corrected chi connectivity index (χ0v) is 11.5. The van der Waals surface area contributed by atoms with E-state index in [1.165, 1.54) is 12.8 Å². The Morgan fingerprint density at radius 3 is 3.06 bits per heavy atom. The van der Waals surface area contributed by atoms with Gasteiger partial charge in [0.25, 0.3) is 0 Å². The van der Waals surface area contributed by atoms with E-state index in [0.29, 0.717) is 6.10 Å². The van der Waals surface area contributed by atoms with Crippen molar-refractivity contribution in [3.63, 3.8) is 0 Å². The van der Waals surface area contributed by atoms with Crippen LogP contribution in [0.3, 0.4) is 0 Å². The molecular formula is C12H21N3OS. The van der Waals surface area contributed by atoms with Gasteiger partial charge in [0.1, 0.15) is 10.0 Å². The SMILES string of the molecule is CCCO[C@@H]1CCCN(Cc2nnc(C)s2)C1. The van der Waals surface area contributed by atoms with Crippen LogP contribution in [0.15, 0.2) is 0 Å². The lowest BCUT2D eigenvalue weighted by Gasteiger charge is -2.31. The molecule has 0 unspecified atom stereocenters. The van der Waals surface area contributed by atoms with Crippen molar-refractivity contribution in [3.8, 4) is 0 Å². The molecule has 96 valence electrons. The number of likely N-dealkylation sites (tertiary alicyclic amines) is 1. The molecule has 0 bridgehead atoms. The third-order valence-corrected chi connectivity index (χ3v) is 3.77. The molecule has 1 atom stereocenters. The first-order valence-electron chi connectivity index (χ1n) is 6.41. The summed E-state index contributed by atoms with van der Waals surface area (Å²) < 4.78 is 5.83. The van der Waals surface area contributed by atoms with Gasteiger partial charge in [-0.2, -0.15) is 0 Å². The largest absolute Gasteiger partial charge is 0.377 e. The van der Waals surface area contributed by atoms with Gasteiger partial charge in [0.15, 0.2) is 0 Å². The Kier molecular flexibility index (Phi) is 4.88. The van der Waals surface area contributed by atoms with E-state index in [-0.39, 0.29) is 0 Å². The van der Waals surface area contributed by atoms with Gasteiger partial charge in [0, 0.05) is 13.2 Å². The molecule has 1 fully saturated rings. The Hall–Kier alpha value is -0.520. The van der Waals surface area contributed by atoms with Crippen LogP contribution in [0.25, 0.3) is 0 Å². The van der Waals surface area contributed by atoms with E-state index in [0.717, 1.165) is 42.7 Å². The van der Waals surface area contributed by atoms with Crippen LogP contribution in [0.1, 0.15) is 36.2 Å². The third-order valence-electron chi connectivity index (χ3n) is 2.95. The van der Waals surface area contributed by atoms with Crippen molar-refractivity contribution in [1.82, 2.24) is 15.1 Å². The maximum atomic E-state index is 5.83. The van der Waals surface area contributed by atoms with Crippen molar-refractivity contribution in [2.45, 2.75) is 45.8 Å². The van der Waals surface area contributed by atoms with Gasteiger partial charge < -0.3 is 4.74 Å². The predicted molar refractivity (Wildman–Crippen MR) is 69.2 cm³/mol. The molecule has 0 radical (unpaired) electrons. The third kappa shape index (κ3) is 4.01. The zero-order chi connectivity index (χ0) is 12.1. The highest BCUT2D eigenvalue weighted by Gasteiger charge is 2.21. The van der Waals surface area contributed by atoms with Gasteiger partial charge in [-0.25, -0.2) is 0 Å². The first kappa shape index (κ1) is 12.9. The van der Waals surface area contributed by atoms with E-state index >= 15 is 0 Å². The first-order chi connectivity index (χ1) is 8.28. The molecular weight excluding hydrogens is 234 g/mol. The molecule has 0 aromatic carbocycles. The number of rotatable bonds is 5. The molecule has 2 heterocycles. The summed E-state index contributed by atoms with van der Waals surface area (Å²) in [6.07, 6.45) is 3.95. The molecule has 4 nitrogen and oxygen atoms in total. The van der Waals surface area contributed by atoms with Crippen LogP contribution in [0.4, 0.5) is 0 Å². The molecule has 0 N–H and O–H groups in total. The Labute approximate surface area is 107 Å². The minimum atomic E-state index is 0.415. The lowest BCUT2D eigenvalue weighted by atomic mass is 10.1. The van der Waals surface area contributed by atoms with Gasteiger partial charge in [-0.3, -0.25) is 4.90 Å². The fourth-order valence-corrected chi connectivity index (χ4v) is 2.92. The highest BCUT2D eigenvalue weighted by molar-refractivity contribution is 7.11. The Bertz CT molecular complexity index is 342. The highest BCUT2D eigenvalue weighted by Crippen LogP contribution is 2.17. The van der Waals surface area contributed by atoms with Gasteiger partial charge in [0.2, 0.25) is 0 Å². The number of ether oxygens (including phenoxy) is 1. The molecule has 0 saturated carbocycles. The number of hydrogen-bond acceptors (Lipinski definition) is 5. The smallest absolute Gasteiger partial charge is 0.131 e. The molecule has 1 saturated heterocycles. The summed E-state index contributed by atoms with van der Waals surface area (Å²) in [6.45, 7) is 8.17. The van der Waals surface area contributed by atoms with Crippen LogP contribution in [0.5, 0.6) is 0 Å². The summed E-state index contributed by atoms with van der Waals surface area (Å²) in [5.41, 5.74) is 0. The summed E-state index contributed by atoms with van der Waals surface area (Å²) in [5, 5.41) is 10.4. The normalized spacial score (nSPS) is 21.9. The van der Waals surface area contributed by atoms with Crippen molar-refractivity contribution in [2.75, 3.05) is 19.7 Å². The van der Waals surface area contributed by atoms with Crippen LogP contribution < -0.4 is 0 Å². The minimum Gasteiger partial charge on any atom is -0.377 e. The van der Waals surface area contributed by atoms with Crippen LogP contribution in [0, 0.1) is 6.92 Å². The maximum absolute atomic E-state index is 5.83. The molecule has 1 aromatic heterocycles. The molecule has 1 aliphatic heterocycles. The summed E-state index contributed by atoms with van der Waals surface area (Å²) in [7, 11) is 0. The Morgan fingerprint density at radius 1 is 1.47 bits per heavy atom. The monoisotopic (exact) mass is 255 g/mol. The second-order valence-electron chi connectivity index (χ2n) is 4.58. The maximum Gasteiger partial charge on any atom is 0.131 e. The van der Waals surface area contributed by atoms with Crippen molar-refractivity contribution in [1.29, 1.82) is 0 Å². The standard InChI is InChI=1S/C12H21N3OS/c1-3-7-16-11-5-4-6-15(8-11)9-12-14-13-10(2)17-12/h11H,3-9H2,1-2H3/t11-/m1/s1. The molecule has 0 aliphatic carbocycles. The van der Waals surface area contributed by atoms with Gasteiger partial charge in [-0.15, -0.1) is 21.5 Å². The van der Waals surface area contributed by atoms with E-state index in [1.807, 2.05) is 6.92 Å². The molecule has 1 aliphatic rings. The highest BCUT2D eigenvalue weighted by atomic mass is 32.1. The van der Waals surface area contributed by atoms with Crippen LogP contribution in [-0.4, -0.2) is 40.9 Å². The summed E-state index contributed by atoms with van der Waals surface area (Å²) in [5.74, 6) is 0. The Morgan fingerprint density at radius 2 is 2.35 bits per heavy atom. The van der Waals surface area contributed by atoms with Gasteiger partial charge >= 0.3 is 0 Å². The summed E-state index contributed by atoms with van der Waals surface area (Å²) in [4.78, 5) is 2.43. The average molecular weight is 255 g/mol. The number of aryl methyl sites for hydroxylation is 1. The number of aromatic nitrogens is 2. The average Bonchev–Trinajstić information content (AvgIpc) is 2.73. The zero-order valence-electron chi connectivity index (χ0n) is 10.7. The van der Waals surface area contributed by atoms with Crippen LogP contribution in [-0.2, 0) is 11.3 Å². The predicted octanol–water partition coefficient (Wildman–Crippen LogP) is 2.24. The van der Waals surface area contributed by atoms with Crippen molar-refractivity contribution >= 4 is 11.3 Å². The number of nitrogens with zero attached hydrogens (tertiary/aromatic N) is 3. The van der Waals surface area contributed by atoms with E-state index in [1.54, 1.807) is 11.3 Å².